The fraction of sp³-hybridized carbons (Fsp3) is 0.438. The molecule has 3 heteroatoms. The van der Waals surface area contributed by atoms with Crippen molar-refractivity contribution in [1.82, 2.24) is 14.9 Å². The minimum Gasteiger partial charge on any atom is -0.333 e. The molecule has 19 heavy (non-hydrogen) atoms. The van der Waals surface area contributed by atoms with Gasteiger partial charge in [0.2, 0.25) is 0 Å². The molecule has 2 atom stereocenters. The largest absolute Gasteiger partial charge is 0.333 e. The normalized spacial score (nSPS) is 22.7. The Hall–Kier alpha value is -1.61. The Bertz CT molecular complexity index is 478. The highest BCUT2D eigenvalue weighted by Crippen LogP contribution is 2.29. The quantitative estimate of drug-likeness (QED) is 0.890. The average molecular weight is 255 g/mol. The Kier molecular flexibility index (Phi) is 3.94. The van der Waals surface area contributed by atoms with Crippen molar-refractivity contribution < 1.29 is 0 Å². The predicted octanol–water partition coefficient (Wildman–Crippen LogP) is 2.81. The first-order valence-corrected chi connectivity index (χ1v) is 7.18. The third-order valence-corrected chi connectivity index (χ3v) is 4.05. The zero-order valence-electron chi connectivity index (χ0n) is 11.2. The molecule has 0 spiro atoms. The van der Waals surface area contributed by atoms with Gasteiger partial charge in [-0.2, -0.15) is 0 Å². The Balaban J connectivity index is 1.52. The number of nitrogens with one attached hydrogen (secondary N) is 1. The molecule has 1 N–H and O–H groups in total. The summed E-state index contributed by atoms with van der Waals surface area (Å²) in [5, 5.41) is 3.72. The van der Waals surface area contributed by atoms with Gasteiger partial charge in [0.05, 0.1) is 6.33 Å². The number of rotatable bonds is 5. The van der Waals surface area contributed by atoms with E-state index in [1.54, 1.807) is 0 Å². The molecule has 100 valence electrons. The molecule has 1 aromatic heterocycles. The van der Waals surface area contributed by atoms with E-state index in [0.29, 0.717) is 12.1 Å². The average Bonchev–Trinajstić information content (AvgIpc) is 3.10. The molecule has 1 fully saturated rings. The summed E-state index contributed by atoms with van der Waals surface area (Å²) in [6.07, 6.45) is 10.9. The summed E-state index contributed by atoms with van der Waals surface area (Å²) in [5.74, 6) is 0. The van der Waals surface area contributed by atoms with Gasteiger partial charge in [-0.05, 0) is 37.8 Å². The number of nitrogens with zero attached hydrogens (tertiary/aromatic N) is 2. The highest BCUT2D eigenvalue weighted by Gasteiger charge is 2.27. The summed E-state index contributed by atoms with van der Waals surface area (Å²) in [5.41, 5.74) is 1.41. The molecule has 0 saturated heterocycles. The van der Waals surface area contributed by atoms with Crippen LogP contribution in [0.3, 0.4) is 0 Å². The molecule has 1 saturated carbocycles. The van der Waals surface area contributed by atoms with E-state index in [0.717, 1.165) is 13.0 Å². The van der Waals surface area contributed by atoms with Crippen molar-refractivity contribution >= 4 is 0 Å². The lowest BCUT2D eigenvalue weighted by atomic mass is 10.1. The third kappa shape index (κ3) is 3.04. The molecule has 1 aliphatic rings. The van der Waals surface area contributed by atoms with Gasteiger partial charge in [-0.1, -0.05) is 30.3 Å². The van der Waals surface area contributed by atoms with Crippen molar-refractivity contribution in [2.75, 3.05) is 6.54 Å². The number of aromatic nitrogens is 2. The summed E-state index contributed by atoms with van der Waals surface area (Å²) in [4.78, 5) is 4.16. The van der Waals surface area contributed by atoms with E-state index in [-0.39, 0.29) is 0 Å². The smallest absolute Gasteiger partial charge is 0.0949 e. The molecule has 1 aliphatic carbocycles. The van der Waals surface area contributed by atoms with Crippen molar-refractivity contribution in [1.29, 1.82) is 0 Å². The Labute approximate surface area is 114 Å². The Morgan fingerprint density at radius 1 is 1.21 bits per heavy atom. The second-order valence-electron chi connectivity index (χ2n) is 5.30. The second kappa shape index (κ2) is 6.02. The summed E-state index contributed by atoms with van der Waals surface area (Å²) in [7, 11) is 0. The van der Waals surface area contributed by atoms with Gasteiger partial charge >= 0.3 is 0 Å². The van der Waals surface area contributed by atoms with Crippen LogP contribution in [0.1, 0.15) is 30.9 Å². The fourth-order valence-electron chi connectivity index (χ4n) is 3.05. The second-order valence-corrected chi connectivity index (χ2v) is 5.30. The van der Waals surface area contributed by atoms with Crippen molar-refractivity contribution in [3.05, 3.63) is 54.6 Å². The topological polar surface area (TPSA) is 29.9 Å². The van der Waals surface area contributed by atoms with Crippen LogP contribution in [0.25, 0.3) is 0 Å². The summed E-state index contributed by atoms with van der Waals surface area (Å²) < 4.78 is 2.26. The van der Waals surface area contributed by atoms with E-state index in [4.69, 9.17) is 0 Å². The lowest BCUT2D eigenvalue weighted by Gasteiger charge is -2.22. The standard InChI is InChI=1S/C16H21N3/c1-2-5-14(6-3-1)9-10-18-15-7-4-8-16(15)19-12-11-17-13-19/h1-3,5-6,11-13,15-16,18H,4,7-10H2. The van der Waals surface area contributed by atoms with Crippen molar-refractivity contribution in [2.24, 2.45) is 0 Å². The van der Waals surface area contributed by atoms with E-state index in [2.05, 4.69) is 51.4 Å². The molecule has 3 nitrogen and oxygen atoms in total. The Morgan fingerprint density at radius 2 is 2.11 bits per heavy atom. The molecular weight excluding hydrogens is 234 g/mol. The van der Waals surface area contributed by atoms with Gasteiger partial charge in [0, 0.05) is 24.5 Å². The highest BCUT2D eigenvalue weighted by atomic mass is 15.1. The van der Waals surface area contributed by atoms with Crippen molar-refractivity contribution in [3.8, 4) is 0 Å². The predicted molar refractivity (Wildman–Crippen MR) is 77.1 cm³/mol. The molecule has 0 amide bonds. The van der Waals surface area contributed by atoms with Crippen LogP contribution in [0.5, 0.6) is 0 Å². The molecule has 3 rings (SSSR count). The van der Waals surface area contributed by atoms with Crippen LogP contribution < -0.4 is 5.32 Å². The third-order valence-electron chi connectivity index (χ3n) is 4.05. The number of hydrogen-bond donors (Lipinski definition) is 1. The van der Waals surface area contributed by atoms with Crippen LogP contribution >= 0.6 is 0 Å². The summed E-state index contributed by atoms with van der Waals surface area (Å²) >= 11 is 0. The molecule has 0 aliphatic heterocycles. The van der Waals surface area contributed by atoms with Gasteiger partial charge in [0.25, 0.3) is 0 Å². The maximum Gasteiger partial charge on any atom is 0.0949 e. The number of imidazole rings is 1. The fourth-order valence-corrected chi connectivity index (χ4v) is 3.05. The Morgan fingerprint density at radius 3 is 2.89 bits per heavy atom. The lowest BCUT2D eigenvalue weighted by Crippen LogP contribution is -2.34. The molecule has 1 aromatic carbocycles. The molecular formula is C16H21N3. The van der Waals surface area contributed by atoms with E-state index in [9.17, 15) is 0 Å². The maximum atomic E-state index is 4.16. The zero-order valence-corrected chi connectivity index (χ0v) is 11.2. The molecule has 2 aromatic rings. The molecule has 0 bridgehead atoms. The van der Waals surface area contributed by atoms with Gasteiger partial charge in [-0.15, -0.1) is 0 Å². The monoisotopic (exact) mass is 255 g/mol. The van der Waals surface area contributed by atoms with Crippen LogP contribution in [0.2, 0.25) is 0 Å². The maximum absolute atomic E-state index is 4.16. The first kappa shape index (κ1) is 12.4. The van der Waals surface area contributed by atoms with Crippen LogP contribution in [0, 0.1) is 0 Å². The number of benzene rings is 1. The molecule has 0 radical (unpaired) electrons. The SMILES string of the molecule is c1ccc(CCNC2CCCC2n2ccnc2)cc1. The zero-order chi connectivity index (χ0) is 12.9. The van der Waals surface area contributed by atoms with Gasteiger partial charge in [-0.25, -0.2) is 4.98 Å². The van der Waals surface area contributed by atoms with Crippen LogP contribution in [-0.4, -0.2) is 22.1 Å². The van der Waals surface area contributed by atoms with Crippen molar-refractivity contribution in [3.63, 3.8) is 0 Å². The van der Waals surface area contributed by atoms with Crippen LogP contribution in [-0.2, 0) is 6.42 Å². The van der Waals surface area contributed by atoms with Gasteiger partial charge in [0.15, 0.2) is 0 Å². The molecule has 1 heterocycles. The highest BCUT2D eigenvalue weighted by molar-refractivity contribution is 5.14. The first-order valence-electron chi connectivity index (χ1n) is 7.18. The summed E-state index contributed by atoms with van der Waals surface area (Å²) in [6.45, 7) is 1.06. The van der Waals surface area contributed by atoms with Gasteiger partial charge in [0.1, 0.15) is 0 Å². The lowest BCUT2D eigenvalue weighted by molar-refractivity contribution is 0.394. The van der Waals surface area contributed by atoms with E-state index in [1.807, 2.05) is 12.5 Å². The van der Waals surface area contributed by atoms with E-state index >= 15 is 0 Å². The van der Waals surface area contributed by atoms with Gasteiger partial charge in [-0.3, -0.25) is 0 Å². The first-order chi connectivity index (χ1) is 9.43. The van der Waals surface area contributed by atoms with Gasteiger partial charge < -0.3 is 9.88 Å². The van der Waals surface area contributed by atoms with Crippen LogP contribution in [0.15, 0.2) is 49.1 Å². The minimum atomic E-state index is 0.582. The molecule has 2 unspecified atom stereocenters. The summed E-state index contributed by atoms with van der Waals surface area (Å²) in [6, 6.07) is 11.9. The van der Waals surface area contributed by atoms with E-state index < -0.39 is 0 Å². The number of hydrogen-bond acceptors (Lipinski definition) is 2. The van der Waals surface area contributed by atoms with E-state index in [1.165, 1.54) is 24.8 Å². The van der Waals surface area contributed by atoms with Crippen molar-refractivity contribution in [2.45, 2.75) is 37.8 Å². The minimum absolute atomic E-state index is 0.582. The van der Waals surface area contributed by atoms with Crippen LogP contribution in [0.4, 0.5) is 0 Å².